The van der Waals surface area contributed by atoms with E-state index in [1.807, 2.05) is 0 Å². The monoisotopic (exact) mass is 531 g/mol. The standard InChI is InChI=1S/C23H28F3N3O6S/c1-12-21(23(31)34-3)22(13(2)35-12)36(32,33)28-16-4-6-29(7-5-16)20(30)10-15(27)8-14-9-18(25)19(26)11-17(14)24/h9,11,15-16,28H,4-8,10,27H2,1-3H3/t15-/m1/s1. The number of likely N-dealkylation sites (tertiary alicyclic amines) is 1. The van der Waals surface area contributed by atoms with Gasteiger partial charge in [-0.2, -0.15) is 0 Å². The van der Waals surface area contributed by atoms with Gasteiger partial charge in [0.15, 0.2) is 11.6 Å². The van der Waals surface area contributed by atoms with Crippen molar-refractivity contribution in [3.63, 3.8) is 0 Å². The molecule has 1 atom stereocenters. The van der Waals surface area contributed by atoms with Crippen molar-refractivity contribution in [1.29, 1.82) is 0 Å². The lowest BCUT2D eigenvalue weighted by Crippen LogP contribution is -2.47. The number of esters is 1. The zero-order chi connectivity index (χ0) is 26.8. The van der Waals surface area contributed by atoms with Crippen LogP contribution in [0.15, 0.2) is 21.4 Å². The first-order valence-electron chi connectivity index (χ1n) is 11.2. The highest BCUT2D eigenvalue weighted by Gasteiger charge is 2.34. The zero-order valence-corrected chi connectivity index (χ0v) is 20.9. The predicted octanol–water partition coefficient (Wildman–Crippen LogP) is 2.33. The number of nitrogens with one attached hydrogen (secondary N) is 1. The van der Waals surface area contributed by atoms with Crippen LogP contribution >= 0.6 is 0 Å². The second-order valence-electron chi connectivity index (χ2n) is 8.71. The molecule has 13 heteroatoms. The summed E-state index contributed by atoms with van der Waals surface area (Å²) in [5.41, 5.74) is 5.65. The van der Waals surface area contributed by atoms with Gasteiger partial charge in [0.1, 0.15) is 27.8 Å². The Morgan fingerprint density at radius 1 is 1.14 bits per heavy atom. The Bertz CT molecular complexity index is 1260. The predicted molar refractivity (Wildman–Crippen MR) is 122 cm³/mol. The van der Waals surface area contributed by atoms with Crippen molar-refractivity contribution >= 4 is 21.9 Å². The molecule has 2 heterocycles. The summed E-state index contributed by atoms with van der Waals surface area (Å²) in [5.74, 6) is -4.42. The van der Waals surface area contributed by atoms with Crippen molar-refractivity contribution in [3.8, 4) is 0 Å². The maximum Gasteiger partial charge on any atom is 0.342 e. The summed E-state index contributed by atoms with van der Waals surface area (Å²) in [7, 11) is -2.98. The number of carbonyl (C=O) groups excluding carboxylic acids is 2. The molecule has 0 spiro atoms. The molecule has 1 saturated heterocycles. The van der Waals surface area contributed by atoms with Crippen molar-refractivity contribution in [2.75, 3.05) is 20.2 Å². The third-order valence-electron chi connectivity index (χ3n) is 6.04. The van der Waals surface area contributed by atoms with E-state index in [0.29, 0.717) is 18.9 Å². The molecule has 0 unspecified atom stereocenters. The van der Waals surface area contributed by atoms with Gasteiger partial charge in [0.25, 0.3) is 0 Å². The number of aryl methyl sites for hydroxylation is 2. The first-order valence-corrected chi connectivity index (χ1v) is 12.7. The summed E-state index contributed by atoms with van der Waals surface area (Å²) >= 11 is 0. The third kappa shape index (κ3) is 6.08. The van der Waals surface area contributed by atoms with E-state index in [0.717, 1.165) is 13.2 Å². The first kappa shape index (κ1) is 27.7. The van der Waals surface area contributed by atoms with E-state index in [2.05, 4.69) is 9.46 Å². The quantitative estimate of drug-likeness (QED) is 0.395. The number of carbonyl (C=O) groups is 2. The Morgan fingerprint density at radius 2 is 1.75 bits per heavy atom. The third-order valence-corrected chi connectivity index (χ3v) is 7.71. The molecule has 3 N–H and O–H groups in total. The summed E-state index contributed by atoms with van der Waals surface area (Å²) in [4.78, 5) is 26.0. The minimum absolute atomic E-state index is 0.0551. The molecule has 0 radical (unpaired) electrons. The van der Waals surface area contributed by atoms with Crippen LogP contribution in [0, 0.1) is 31.3 Å². The lowest BCUT2D eigenvalue weighted by atomic mass is 10.0. The van der Waals surface area contributed by atoms with E-state index in [1.165, 1.54) is 18.7 Å². The summed E-state index contributed by atoms with van der Waals surface area (Å²) in [6.07, 6.45) is 0.310. The highest BCUT2D eigenvalue weighted by Crippen LogP contribution is 2.28. The van der Waals surface area contributed by atoms with Crippen LogP contribution in [0.1, 0.15) is 46.7 Å². The Labute approximate surface area is 206 Å². The minimum atomic E-state index is -4.12. The Morgan fingerprint density at radius 3 is 2.36 bits per heavy atom. The summed E-state index contributed by atoms with van der Waals surface area (Å²) in [6, 6.07) is -0.159. The van der Waals surface area contributed by atoms with Gasteiger partial charge in [0.05, 0.1) is 7.11 Å². The molecule has 0 aliphatic carbocycles. The van der Waals surface area contributed by atoms with Crippen LogP contribution in [0.4, 0.5) is 13.2 Å². The van der Waals surface area contributed by atoms with Crippen LogP contribution < -0.4 is 10.5 Å². The highest BCUT2D eigenvalue weighted by molar-refractivity contribution is 7.89. The van der Waals surface area contributed by atoms with Crippen LogP contribution in [0.25, 0.3) is 0 Å². The van der Waals surface area contributed by atoms with E-state index >= 15 is 0 Å². The van der Waals surface area contributed by atoms with Gasteiger partial charge in [-0.05, 0) is 44.7 Å². The molecule has 198 valence electrons. The Kier molecular flexibility index (Phi) is 8.47. The van der Waals surface area contributed by atoms with E-state index in [-0.39, 0.29) is 59.4 Å². The average molecular weight is 532 g/mol. The highest BCUT2D eigenvalue weighted by atomic mass is 32.2. The lowest BCUT2D eigenvalue weighted by Gasteiger charge is -2.33. The molecule has 9 nitrogen and oxygen atoms in total. The van der Waals surface area contributed by atoms with Gasteiger partial charge in [-0.15, -0.1) is 0 Å². The number of amides is 1. The zero-order valence-electron chi connectivity index (χ0n) is 20.1. The number of piperidine rings is 1. The molecule has 0 bridgehead atoms. The lowest BCUT2D eigenvalue weighted by molar-refractivity contribution is -0.132. The number of ether oxygens (including phenoxy) is 1. The van der Waals surface area contributed by atoms with Crippen molar-refractivity contribution in [3.05, 3.63) is 52.2 Å². The number of halogens is 3. The number of rotatable bonds is 8. The van der Waals surface area contributed by atoms with Gasteiger partial charge < -0.3 is 19.8 Å². The van der Waals surface area contributed by atoms with Crippen LogP contribution in [0.5, 0.6) is 0 Å². The molecular formula is C23H28F3N3O6S. The summed E-state index contributed by atoms with van der Waals surface area (Å²) in [5, 5.41) is 0. The van der Waals surface area contributed by atoms with Crippen LogP contribution in [0.3, 0.4) is 0 Å². The van der Waals surface area contributed by atoms with Gasteiger partial charge in [0, 0.05) is 37.7 Å². The molecule has 1 amide bonds. The van der Waals surface area contributed by atoms with Gasteiger partial charge in [0.2, 0.25) is 15.9 Å². The largest absolute Gasteiger partial charge is 0.465 e. The van der Waals surface area contributed by atoms with Crippen molar-refractivity contribution < 1.29 is 40.3 Å². The molecule has 1 fully saturated rings. The molecule has 3 rings (SSSR count). The second kappa shape index (κ2) is 11.0. The number of sulfonamides is 1. The maximum absolute atomic E-state index is 13.9. The van der Waals surface area contributed by atoms with E-state index in [4.69, 9.17) is 10.2 Å². The molecule has 1 aromatic heterocycles. The SMILES string of the molecule is COC(=O)c1c(C)oc(C)c1S(=O)(=O)NC1CCN(C(=O)C[C@H](N)Cc2cc(F)c(F)cc2F)CC1. The number of methoxy groups -OCH3 is 1. The number of benzene rings is 1. The van der Waals surface area contributed by atoms with Crippen LogP contribution in [-0.2, 0) is 26.0 Å². The van der Waals surface area contributed by atoms with Crippen molar-refractivity contribution in [2.24, 2.45) is 5.73 Å². The Hall–Kier alpha value is -2.90. The number of nitrogens with two attached hydrogens (primary N) is 1. The molecule has 1 aliphatic heterocycles. The van der Waals surface area contributed by atoms with Gasteiger partial charge >= 0.3 is 5.97 Å². The summed E-state index contributed by atoms with van der Waals surface area (Å²) in [6.45, 7) is 3.38. The van der Waals surface area contributed by atoms with Gasteiger partial charge in [-0.3, -0.25) is 4.79 Å². The van der Waals surface area contributed by atoms with E-state index < -0.39 is 45.5 Å². The van der Waals surface area contributed by atoms with Crippen LogP contribution in [0.2, 0.25) is 0 Å². The van der Waals surface area contributed by atoms with Gasteiger partial charge in [-0.25, -0.2) is 31.1 Å². The van der Waals surface area contributed by atoms with Crippen LogP contribution in [-0.4, -0.2) is 57.5 Å². The first-order chi connectivity index (χ1) is 16.8. The Balaban J connectivity index is 1.58. The fraction of sp³-hybridized carbons (Fsp3) is 0.478. The van der Waals surface area contributed by atoms with Gasteiger partial charge in [-0.1, -0.05) is 0 Å². The number of hydrogen-bond acceptors (Lipinski definition) is 7. The summed E-state index contributed by atoms with van der Waals surface area (Å²) < 4.78 is 79.0. The minimum Gasteiger partial charge on any atom is -0.465 e. The molecular weight excluding hydrogens is 503 g/mol. The second-order valence-corrected chi connectivity index (χ2v) is 10.4. The van der Waals surface area contributed by atoms with E-state index in [1.54, 1.807) is 0 Å². The topological polar surface area (TPSA) is 132 Å². The fourth-order valence-corrected chi connectivity index (χ4v) is 5.99. The molecule has 2 aromatic rings. The number of furan rings is 1. The number of hydrogen-bond donors (Lipinski definition) is 2. The molecule has 1 aliphatic rings. The maximum atomic E-state index is 13.9. The normalized spacial score (nSPS) is 15.7. The van der Waals surface area contributed by atoms with Crippen molar-refractivity contribution in [1.82, 2.24) is 9.62 Å². The molecule has 36 heavy (non-hydrogen) atoms. The smallest absolute Gasteiger partial charge is 0.342 e. The number of nitrogens with zero attached hydrogens (tertiary/aromatic N) is 1. The van der Waals surface area contributed by atoms with Crippen molar-refractivity contribution in [2.45, 2.75) is 56.5 Å². The average Bonchev–Trinajstić information content (AvgIpc) is 3.11. The fourth-order valence-electron chi connectivity index (χ4n) is 4.28. The molecule has 0 saturated carbocycles. The molecule has 1 aromatic carbocycles. The van der Waals surface area contributed by atoms with E-state index in [9.17, 15) is 31.2 Å².